The van der Waals surface area contributed by atoms with Gasteiger partial charge in [-0.05, 0) is 0 Å². The van der Waals surface area contributed by atoms with Crippen molar-refractivity contribution in [3.05, 3.63) is 30.3 Å². The molecule has 0 heterocycles. The minimum atomic E-state index is -1.52. The van der Waals surface area contributed by atoms with E-state index in [1.807, 2.05) is 12.1 Å². The Morgan fingerprint density at radius 1 is 1.10 bits per heavy atom. The maximum atomic E-state index is 3.03. The SMILES string of the molecule is [CH3][Ge]([CH3])([CH3])[c]1cc[c]cc1. The zero-order valence-corrected chi connectivity index (χ0v) is 8.91. The van der Waals surface area contributed by atoms with Crippen molar-refractivity contribution in [2.75, 3.05) is 0 Å². The fourth-order valence-electron chi connectivity index (χ4n) is 0.887. The summed E-state index contributed by atoms with van der Waals surface area (Å²) >= 11 is -1.52. The fraction of sp³-hybridized carbons (Fsp3) is 0.333. The molecule has 0 atom stereocenters. The summed E-state index contributed by atoms with van der Waals surface area (Å²) < 4.78 is 1.55. The van der Waals surface area contributed by atoms with Crippen molar-refractivity contribution in [1.82, 2.24) is 0 Å². The summed E-state index contributed by atoms with van der Waals surface area (Å²) in [5.41, 5.74) is 0. The van der Waals surface area contributed by atoms with Crippen molar-refractivity contribution < 1.29 is 0 Å². The summed E-state index contributed by atoms with van der Waals surface area (Å²) in [5.74, 6) is 7.19. The van der Waals surface area contributed by atoms with Gasteiger partial charge in [-0.2, -0.15) is 0 Å². The third kappa shape index (κ3) is 1.87. The van der Waals surface area contributed by atoms with Crippen molar-refractivity contribution in [2.45, 2.75) is 17.3 Å². The monoisotopic (exact) mass is 195 g/mol. The Morgan fingerprint density at radius 2 is 1.60 bits per heavy atom. The Kier molecular flexibility index (Phi) is 2.19. The van der Waals surface area contributed by atoms with Crippen LogP contribution < -0.4 is 4.40 Å². The maximum absolute atomic E-state index is 3.03. The van der Waals surface area contributed by atoms with Crippen molar-refractivity contribution >= 4 is 17.7 Å². The predicted octanol–water partition coefficient (Wildman–Crippen LogP) is 2.03. The summed E-state index contributed by atoms with van der Waals surface area (Å²) in [4.78, 5) is 0. The van der Waals surface area contributed by atoms with Crippen LogP contribution in [0.4, 0.5) is 0 Å². The molecule has 1 rings (SSSR count). The first-order valence-corrected chi connectivity index (χ1v) is 10.9. The van der Waals surface area contributed by atoms with Crippen LogP contribution in [0.1, 0.15) is 0 Å². The van der Waals surface area contributed by atoms with Crippen molar-refractivity contribution in [2.24, 2.45) is 0 Å². The van der Waals surface area contributed by atoms with Crippen LogP contribution in [-0.4, -0.2) is 13.3 Å². The van der Waals surface area contributed by atoms with Gasteiger partial charge in [-0.25, -0.2) is 0 Å². The Labute approximate surface area is 65.6 Å². The third-order valence-corrected chi connectivity index (χ3v) is 5.92. The Balaban J connectivity index is 2.97. The first-order chi connectivity index (χ1) is 4.61. The van der Waals surface area contributed by atoms with Gasteiger partial charge in [-0.15, -0.1) is 0 Å². The van der Waals surface area contributed by atoms with Crippen molar-refractivity contribution in [1.29, 1.82) is 0 Å². The van der Waals surface area contributed by atoms with Crippen molar-refractivity contribution in [3.8, 4) is 0 Å². The Bertz CT molecular complexity index is 196. The van der Waals surface area contributed by atoms with Gasteiger partial charge in [0.1, 0.15) is 0 Å². The molecule has 0 aliphatic heterocycles. The van der Waals surface area contributed by atoms with Gasteiger partial charge in [-0.3, -0.25) is 0 Å². The molecule has 53 valence electrons. The zero-order valence-electron chi connectivity index (χ0n) is 6.81. The van der Waals surface area contributed by atoms with Crippen LogP contribution in [0.25, 0.3) is 0 Å². The normalized spacial score (nSPS) is 11.5. The molecule has 0 bridgehead atoms. The fourth-order valence-corrected chi connectivity index (χ4v) is 3.33. The average molecular weight is 194 g/mol. The van der Waals surface area contributed by atoms with Gasteiger partial charge in [0.2, 0.25) is 0 Å². The summed E-state index contributed by atoms with van der Waals surface area (Å²) in [6.45, 7) is 0. The van der Waals surface area contributed by atoms with Crippen LogP contribution >= 0.6 is 0 Å². The molecular formula is C9H13Ge. The number of rotatable bonds is 1. The molecular weight excluding hydrogens is 181 g/mol. The molecule has 1 heteroatoms. The standard InChI is InChI=1S/C9H13Ge/c1-10(2,3)9-7-5-4-6-8-9/h5-8H,1-3H3. The Morgan fingerprint density at radius 3 is 1.90 bits per heavy atom. The number of benzene rings is 1. The topological polar surface area (TPSA) is 0 Å². The van der Waals surface area contributed by atoms with E-state index < -0.39 is 13.3 Å². The number of hydrogen-bond acceptors (Lipinski definition) is 0. The van der Waals surface area contributed by atoms with E-state index in [9.17, 15) is 0 Å². The molecule has 0 amide bonds. The molecule has 1 radical (unpaired) electrons. The quantitative estimate of drug-likeness (QED) is 0.599. The molecule has 0 unspecified atom stereocenters. The van der Waals surface area contributed by atoms with Crippen LogP contribution in [0.15, 0.2) is 24.3 Å². The van der Waals surface area contributed by atoms with Crippen LogP contribution in [0.2, 0.25) is 17.3 Å². The molecule has 0 fully saturated rings. The van der Waals surface area contributed by atoms with E-state index >= 15 is 0 Å². The molecule has 0 nitrogen and oxygen atoms in total. The van der Waals surface area contributed by atoms with Gasteiger partial charge in [0, 0.05) is 0 Å². The van der Waals surface area contributed by atoms with Crippen LogP contribution in [0.3, 0.4) is 0 Å². The van der Waals surface area contributed by atoms with Crippen LogP contribution in [0, 0.1) is 6.07 Å². The first kappa shape index (κ1) is 7.87. The summed E-state index contributed by atoms with van der Waals surface area (Å²) in [5, 5.41) is 0. The molecule has 0 aliphatic rings. The van der Waals surface area contributed by atoms with E-state index in [4.69, 9.17) is 0 Å². The van der Waals surface area contributed by atoms with Gasteiger partial charge in [-0.1, -0.05) is 0 Å². The summed E-state index contributed by atoms with van der Waals surface area (Å²) in [6.07, 6.45) is 0. The molecule has 1 aromatic carbocycles. The van der Waals surface area contributed by atoms with E-state index in [-0.39, 0.29) is 0 Å². The van der Waals surface area contributed by atoms with Gasteiger partial charge < -0.3 is 0 Å². The second kappa shape index (κ2) is 2.79. The van der Waals surface area contributed by atoms with Crippen LogP contribution in [0.5, 0.6) is 0 Å². The molecule has 0 saturated heterocycles. The van der Waals surface area contributed by atoms with E-state index in [1.54, 1.807) is 4.40 Å². The number of hydrogen-bond donors (Lipinski definition) is 0. The zero-order chi connectivity index (χ0) is 7.61. The van der Waals surface area contributed by atoms with E-state index in [0.717, 1.165) is 0 Å². The second-order valence-corrected chi connectivity index (χ2v) is 14.2. The van der Waals surface area contributed by atoms with E-state index in [0.29, 0.717) is 0 Å². The molecule has 10 heavy (non-hydrogen) atoms. The summed E-state index contributed by atoms with van der Waals surface area (Å²) in [7, 11) is 0. The molecule has 0 aliphatic carbocycles. The van der Waals surface area contributed by atoms with Crippen molar-refractivity contribution in [3.63, 3.8) is 0 Å². The molecule has 0 aromatic heterocycles. The van der Waals surface area contributed by atoms with Crippen LogP contribution in [-0.2, 0) is 0 Å². The first-order valence-electron chi connectivity index (χ1n) is 3.57. The molecule has 0 spiro atoms. The van der Waals surface area contributed by atoms with Gasteiger partial charge in [0.15, 0.2) is 0 Å². The molecule has 0 saturated carbocycles. The van der Waals surface area contributed by atoms with Gasteiger partial charge in [0.25, 0.3) is 0 Å². The van der Waals surface area contributed by atoms with E-state index in [1.165, 1.54) is 0 Å². The minimum absolute atomic E-state index is 1.52. The molecule has 0 N–H and O–H groups in total. The average Bonchev–Trinajstić information content (AvgIpc) is 1.88. The third-order valence-electron chi connectivity index (χ3n) is 1.58. The molecule has 1 aromatic rings. The summed E-state index contributed by atoms with van der Waals surface area (Å²) in [6, 6.07) is 11.4. The second-order valence-electron chi connectivity index (χ2n) is 3.54. The van der Waals surface area contributed by atoms with E-state index in [2.05, 4.69) is 35.5 Å². The Hall–Kier alpha value is -0.237. The predicted molar refractivity (Wildman–Crippen MR) is 48.3 cm³/mol. The van der Waals surface area contributed by atoms with Gasteiger partial charge >= 0.3 is 65.3 Å². The van der Waals surface area contributed by atoms with Gasteiger partial charge in [0.05, 0.1) is 0 Å².